The summed E-state index contributed by atoms with van der Waals surface area (Å²) in [4.78, 5) is 31.8. The molecule has 0 saturated carbocycles. The van der Waals surface area contributed by atoms with Crippen LogP contribution in [0.3, 0.4) is 0 Å². The summed E-state index contributed by atoms with van der Waals surface area (Å²) in [7, 11) is 3.22. The molecule has 0 aliphatic carbocycles. The quantitative estimate of drug-likeness (QED) is 0.747. The van der Waals surface area contributed by atoms with E-state index in [-0.39, 0.29) is 34.9 Å². The summed E-state index contributed by atoms with van der Waals surface area (Å²) in [5.74, 6) is -1.35. The average Bonchev–Trinajstić information content (AvgIpc) is 2.74. The Kier molecular flexibility index (Phi) is 6.74. The average molecular weight is 455 g/mol. The zero-order chi connectivity index (χ0) is 22.8. The number of nitrogens with one attached hydrogen (secondary N) is 1. The summed E-state index contributed by atoms with van der Waals surface area (Å²) in [5.41, 5.74) is -0.183. The molecule has 0 bridgehead atoms. The molecule has 0 radical (unpaired) electrons. The van der Waals surface area contributed by atoms with E-state index in [9.17, 15) is 22.8 Å². The molecule has 1 unspecified atom stereocenters. The van der Waals surface area contributed by atoms with Crippen LogP contribution in [-0.4, -0.2) is 48.9 Å². The molecule has 3 rings (SSSR count). The lowest BCUT2D eigenvalue weighted by Gasteiger charge is -2.34. The van der Waals surface area contributed by atoms with Crippen molar-refractivity contribution >= 4 is 34.9 Å². The number of hydrogen-bond donors (Lipinski definition) is 1. The molecular formula is C21H22ClF3N4O2. The van der Waals surface area contributed by atoms with Crippen LogP contribution >= 0.6 is 11.6 Å². The molecule has 1 aliphatic rings. The fraction of sp³-hybridized carbons (Fsp3) is 0.381. The van der Waals surface area contributed by atoms with Crippen molar-refractivity contribution in [2.75, 3.05) is 37.4 Å². The normalized spacial score (nSPS) is 16.7. The number of piperidine rings is 1. The van der Waals surface area contributed by atoms with E-state index in [0.29, 0.717) is 24.9 Å². The molecule has 1 aromatic heterocycles. The van der Waals surface area contributed by atoms with Crippen LogP contribution in [0.1, 0.15) is 28.8 Å². The third-order valence-corrected chi connectivity index (χ3v) is 5.39. The smallest absolute Gasteiger partial charge is 0.355 e. The topological polar surface area (TPSA) is 65.5 Å². The van der Waals surface area contributed by atoms with Gasteiger partial charge in [-0.2, -0.15) is 13.2 Å². The molecule has 2 aromatic rings. The second-order valence-corrected chi connectivity index (χ2v) is 7.95. The van der Waals surface area contributed by atoms with Gasteiger partial charge in [-0.3, -0.25) is 9.59 Å². The first kappa shape index (κ1) is 22.9. The number of aromatic nitrogens is 1. The Morgan fingerprint density at radius 3 is 2.68 bits per heavy atom. The first-order valence-corrected chi connectivity index (χ1v) is 10.0. The molecule has 10 heteroatoms. The number of anilines is 2. The van der Waals surface area contributed by atoms with Gasteiger partial charge in [-0.05, 0) is 43.2 Å². The first-order valence-electron chi connectivity index (χ1n) is 9.67. The van der Waals surface area contributed by atoms with Crippen LogP contribution in [-0.2, 0) is 11.0 Å². The minimum Gasteiger partial charge on any atom is -0.355 e. The van der Waals surface area contributed by atoms with E-state index in [1.54, 1.807) is 20.2 Å². The predicted molar refractivity (Wildman–Crippen MR) is 112 cm³/mol. The number of halogens is 4. The van der Waals surface area contributed by atoms with Gasteiger partial charge in [0.25, 0.3) is 5.91 Å². The molecule has 1 saturated heterocycles. The van der Waals surface area contributed by atoms with Crippen LogP contribution in [0, 0.1) is 5.92 Å². The molecular weight excluding hydrogens is 433 g/mol. The van der Waals surface area contributed by atoms with Gasteiger partial charge in [-0.15, -0.1) is 0 Å². The Balaban J connectivity index is 1.77. The molecule has 2 amide bonds. The van der Waals surface area contributed by atoms with Crippen LogP contribution in [0.5, 0.6) is 0 Å². The number of nitrogens with zero attached hydrogens (tertiary/aromatic N) is 3. The van der Waals surface area contributed by atoms with E-state index in [1.165, 1.54) is 34.2 Å². The number of alkyl halides is 3. The zero-order valence-electron chi connectivity index (χ0n) is 17.0. The maximum absolute atomic E-state index is 13.4. The molecule has 166 valence electrons. The predicted octanol–water partition coefficient (Wildman–Crippen LogP) is 4.31. The number of carbonyl (C=O) groups excluding carboxylic acids is 2. The van der Waals surface area contributed by atoms with Crippen LogP contribution < -0.4 is 10.2 Å². The van der Waals surface area contributed by atoms with Crippen molar-refractivity contribution in [3.63, 3.8) is 0 Å². The van der Waals surface area contributed by atoms with Crippen LogP contribution in [0.4, 0.5) is 24.7 Å². The standard InChI is InChI=1S/C21H22ClF3N4O2/c1-28(2)20(31)13-7-8-16(22)17(11-13)27-19(30)14-5-4-10-29(12-14)18-15(21(23,24)25)6-3-9-26-18/h3,6-9,11,14H,4-5,10,12H2,1-2H3,(H,27,30). The third-order valence-electron chi connectivity index (χ3n) is 5.06. The van der Waals surface area contributed by atoms with Crippen molar-refractivity contribution in [3.05, 3.63) is 52.7 Å². The number of pyridine rings is 1. The van der Waals surface area contributed by atoms with Crippen LogP contribution in [0.2, 0.25) is 5.02 Å². The summed E-state index contributed by atoms with van der Waals surface area (Å²) in [6.07, 6.45) is -2.17. The lowest BCUT2D eigenvalue weighted by atomic mass is 9.96. The summed E-state index contributed by atoms with van der Waals surface area (Å²) >= 11 is 6.17. The maximum Gasteiger partial charge on any atom is 0.419 e. The fourth-order valence-corrected chi connectivity index (χ4v) is 3.67. The van der Waals surface area contributed by atoms with E-state index in [1.807, 2.05) is 0 Å². The second-order valence-electron chi connectivity index (χ2n) is 7.54. The number of amides is 2. The molecule has 1 aromatic carbocycles. The summed E-state index contributed by atoms with van der Waals surface area (Å²) in [6.45, 7) is 0.470. The SMILES string of the molecule is CN(C)C(=O)c1ccc(Cl)c(NC(=O)C2CCCN(c3ncccc3C(F)(F)F)C2)c1. The number of carbonyl (C=O) groups is 2. The van der Waals surface area contributed by atoms with Crippen molar-refractivity contribution in [2.45, 2.75) is 19.0 Å². The molecule has 1 N–H and O–H groups in total. The Morgan fingerprint density at radius 1 is 1.26 bits per heavy atom. The van der Waals surface area contributed by atoms with E-state index in [0.717, 1.165) is 6.07 Å². The maximum atomic E-state index is 13.4. The summed E-state index contributed by atoms with van der Waals surface area (Å²) in [6, 6.07) is 6.79. The Labute approximate surface area is 183 Å². The van der Waals surface area contributed by atoms with Crippen molar-refractivity contribution in [1.82, 2.24) is 9.88 Å². The molecule has 1 aliphatic heterocycles. The van der Waals surface area contributed by atoms with E-state index in [2.05, 4.69) is 10.3 Å². The molecule has 0 spiro atoms. The lowest BCUT2D eigenvalue weighted by Crippen LogP contribution is -2.42. The van der Waals surface area contributed by atoms with Gasteiger partial charge in [0, 0.05) is 38.9 Å². The Bertz CT molecular complexity index is 981. The highest BCUT2D eigenvalue weighted by molar-refractivity contribution is 6.34. The second kappa shape index (κ2) is 9.13. The van der Waals surface area contributed by atoms with Crippen molar-refractivity contribution < 1.29 is 22.8 Å². The molecule has 6 nitrogen and oxygen atoms in total. The van der Waals surface area contributed by atoms with Gasteiger partial charge < -0.3 is 15.1 Å². The van der Waals surface area contributed by atoms with E-state index < -0.39 is 17.7 Å². The molecule has 1 atom stereocenters. The van der Waals surface area contributed by atoms with Crippen LogP contribution in [0.25, 0.3) is 0 Å². The van der Waals surface area contributed by atoms with Crippen LogP contribution in [0.15, 0.2) is 36.5 Å². The highest BCUT2D eigenvalue weighted by Crippen LogP contribution is 2.36. The molecule has 1 fully saturated rings. The fourth-order valence-electron chi connectivity index (χ4n) is 3.50. The van der Waals surface area contributed by atoms with E-state index >= 15 is 0 Å². The van der Waals surface area contributed by atoms with Crippen molar-refractivity contribution in [3.8, 4) is 0 Å². The highest BCUT2D eigenvalue weighted by Gasteiger charge is 2.37. The lowest BCUT2D eigenvalue weighted by molar-refractivity contribution is -0.137. The minimum atomic E-state index is -4.54. The van der Waals surface area contributed by atoms with Gasteiger partial charge in [0.1, 0.15) is 5.82 Å². The van der Waals surface area contributed by atoms with Gasteiger partial charge in [-0.1, -0.05) is 11.6 Å². The Morgan fingerprint density at radius 2 is 2.00 bits per heavy atom. The number of benzene rings is 1. The summed E-state index contributed by atoms with van der Waals surface area (Å²) in [5, 5.41) is 2.98. The van der Waals surface area contributed by atoms with Gasteiger partial charge in [-0.25, -0.2) is 4.98 Å². The molecule has 31 heavy (non-hydrogen) atoms. The largest absolute Gasteiger partial charge is 0.419 e. The highest BCUT2D eigenvalue weighted by atomic mass is 35.5. The summed E-state index contributed by atoms with van der Waals surface area (Å²) < 4.78 is 40.1. The number of hydrogen-bond acceptors (Lipinski definition) is 4. The van der Waals surface area contributed by atoms with Gasteiger partial charge in [0.05, 0.1) is 22.2 Å². The first-order chi connectivity index (χ1) is 14.6. The monoisotopic (exact) mass is 454 g/mol. The van der Waals surface area contributed by atoms with Gasteiger partial charge in [0.2, 0.25) is 5.91 Å². The zero-order valence-corrected chi connectivity index (χ0v) is 17.8. The molecule has 2 heterocycles. The van der Waals surface area contributed by atoms with Crippen molar-refractivity contribution in [2.24, 2.45) is 5.92 Å². The third kappa shape index (κ3) is 5.28. The van der Waals surface area contributed by atoms with E-state index in [4.69, 9.17) is 11.6 Å². The number of rotatable bonds is 4. The Hall–Kier alpha value is -2.81. The van der Waals surface area contributed by atoms with Crippen molar-refractivity contribution in [1.29, 1.82) is 0 Å². The van der Waals surface area contributed by atoms with Gasteiger partial charge >= 0.3 is 6.18 Å². The minimum absolute atomic E-state index is 0.0971. The van der Waals surface area contributed by atoms with Gasteiger partial charge in [0.15, 0.2) is 0 Å².